The van der Waals surface area contributed by atoms with Gasteiger partial charge in [-0.25, -0.2) is 4.98 Å². The quantitative estimate of drug-likeness (QED) is 0.925. The number of anilines is 2. The maximum absolute atomic E-state index is 11.5. The molecule has 0 aliphatic carbocycles. The van der Waals surface area contributed by atoms with Crippen LogP contribution in [0.4, 0.5) is 10.8 Å². The van der Waals surface area contributed by atoms with E-state index in [2.05, 4.69) is 17.1 Å². The number of nitrogens with zero attached hydrogens (tertiary/aromatic N) is 2. The van der Waals surface area contributed by atoms with Gasteiger partial charge < -0.3 is 15.0 Å². The van der Waals surface area contributed by atoms with Gasteiger partial charge in [0.1, 0.15) is 5.75 Å². The predicted molar refractivity (Wildman–Crippen MR) is 87.9 cm³/mol. The van der Waals surface area contributed by atoms with Crippen LogP contribution in [0.1, 0.15) is 17.7 Å². The summed E-state index contributed by atoms with van der Waals surface area (Å²) in [4.78, 5) is 19.8. The molecule has 5 nitrogen and oxygen atoms in total. The third-order valence-corrected chi connectivity index (χ3v) is 5.08. The van der Waals surface area contributed by atoms with Crippen LogP contribution < -0.4 is 15.0 Å². The molecule has 4 rings (SSSR count). The lowest BCUT2D eigenvalue weighted by atomic mass is 10.1. The van der Waals surface area contributed by atoms with Gasteiger partial charge in [0.25, 0.3) is 5.91 Å². The Kier molecular flexibility index (Phi) is 3.26. The monoisotopic (exact) mass is 315 g/mol. The van der Waals surface area contributed by atoms with Gasteiger partial charge in [-0.3, -0.25) is 4.79 Å². The summed E-state index contributed by atoms with van der Waals surface area (Å²) in [6.07, 6.45) is 2.49. The lowest BCUT2D eigenvalue weighted by Crippen LogP contribution is -2.25. The Morgan fingerprint density at radius 3 is 2.95 bits per heavy atom. The lowest BCUT2D eigenvalue weighted by Gasteiger charge is -2.18. The average molecular weight is 315 g/mol. The molecule has 114 valence electrons. The zero-order valence-corrected chi connectivity index (χ0v) is 13.2. The molecule has 2 aliphatic heterocycles. The first-order valence-corrected chi connectivity index (χ1v) is 8.32. The SMILES string of the molecule is Cc1sc(N2CCCC2)nc1-c1ccc2c(c1)NC(=O)CO2. The van der Waals surface area contributed by atoms with Gasteiger partial charge in [0, 0.05) is 23.5 Å². The Morgan fingerprint density at radius 2 is 2.14 bits per heavy atom. The Bertz CT molecular complexity index is 735. The summed E-state index contributed by atoms with van der Waals surface area (Å²) in [7, 11) is 0. The van der Waals surface area contributed by atoms with Crippen molar-refractivity contribution in [1.29, 1.82) is 0 Å². The number of aromatic nitrogens is 1. The van der Waals surface area contributed by atoms with Crippen LogP contribution in [0, 0.1) is 6.92 Å². The second-order valence-electron chi connectivity index (χ2n) is 5.64. The van der Waals surface area contributed by atoms with Gasteiger partial charge in [0.05, 0.1) is 11.4 Å². The first-order valence-electron chi connectivity index (χ1n) is 7.50. The second kappa shape index (κ2) is 5.28. The zero-order valence-electron chi connectivity index (χ0n) is 12.4. The highest BCUT2D eigenvalue weighted by molar-refractivity contribution is 7.16. The van der Waals surface area contributed by atoms with Crippen LogP contribution in [-0.4, -0.2) is 30.6 Å². The number of nitrogens with one attached hydrogen (secondary N) is 1. The van der Waals surface area contributed by atoms with Crippen LogP contribution in [0.5, 0.6) is 5.75 Å². The lowest BCUT2D eigenvalue weighted by molar-refractivity contribution is -0.118. The van der Waals surface area contributed by atoms with Gasteiger partial charge in [-0.15, -0.1) is 11.3 Å². The maximum atomic E-state index is 11.5. The van der Waals surface area contributed by atoms with Crippen molar-refractivity contribution in [1.82, 2.24) is 4.98 Å². The summed E-state index contributed by atoms with van der Waals surface area (Å²) in [5, 5.41) is 3.95. The molecule has 1 aromatic carbocycles. The van der Waals surface area contributed by atoms with E-state index in [0.717, 1.165) is 40.9 Å². The molecular weight excluding hydrogens is 298 g/mol. The summed E-state index contributed by atoms with van der Waals surface area (Å²) in [6, 6.07) is 5.85. The molecular formula is C16H17N3O2S. The van der Waals surface area contributed by atoms with Gasteiger partial charge in [-0.1, -0.05) is 0 Å². The number of benzene rings is 1. The molecule has 0 unspecified atom stereocenters. The molecule has 1 fully saturated rings. The van der Waals surface area contributed by atoms with Crippen molar-refractivity contribution < 1.29 is 9.53 Å². The number of hydrogen-bond donors (Lipinski definition) is 1. The molecule has 0 saturated carbocycles. The molecule has 2 aliphatic rings. The van der Waals surface area contributed by atoms with E-state index < -0.39 is 0 Å². The number of fused-ring (bicyclic) bond motifs is 1. The summed E-state index contributed by atoms with van der Waals surface area (Å²) >= 11 is 1.74. The number of carbonyl (C=O) groups excluding carboxylic acids is 1. The zero-order chi connectivity index (χ0) is 15.1. The highest BCUT2D eigenvalue weighted by Gasteiger charge is 2.20. The first kappa shape index (κ1) is 13.6. The van der Waals surface area contributed by atoms with Crippen LogP contribution >= 0.6 is 11.3 Å². The average Bonchev–Trinajstić information content (AvgIpc) is 3.15. The molecule has 0 radical (unpaired) electrons. The minimum Gasteiger partial charge on any atom is -0.482 e. The molecule has 2 aromatic rings. The third kappa shape index (κ3) is 2.33. The van der Waals surface area contributed by atoms with E-state index in [0.29, 0.717) is 0 Å². The highest BCUT2D eigenvalue weighted by atomic mass is 32.1. The molecule has 22 heavy (non-hydrogen) atoms. The Balaban J connectivity index is 1.69. The minimum atomic E-state index is -0.114. The number of aryl methyl sites for hydroxylation is 1. The molecule has 0 atom stereocenters. The smallest absolute Gasteiger partial charge is 0.262 e. The fourth-order valence-electron chi connectivity index (χ4n) is 2.92. The van der Waals surface area contributed by atoms with Crippen LogP contribution in [0.15, 0.2) is 18.2 Å². The van der Waals surface area contributed by atoms with Crippen molar-refractivity contribution in [2.75, 3.05) is 29.9 Å². The molecule has 3 heterocycles. The molecule has 0 spiro atoms. The number of ether oxygens (including phenoxy) is 1. The van der Waals surface area contributed by atoms with E-state index >= 15 is 0 Å². The van der Waals surface area contributed by atoms with Crippen molar-refractivity contribution in [3.8, 4) is 17.0 Å². The molecule has 1 saturated heterocycles. The Labute approximate surface area is 132 Å². The Morgan fingerprint density at radius 1 is 1.32 bits per heavy atom. The number of thiazole rings is 1. The molecule has 1 amide bonds. The molecule has 6 heteroatoms. The van der Waals surface area contributed by atoms with Crippen molar-refractivity contribution in [3.05, 3.63) is 23.1 Å². The van der Waals surface area contributed by atoms with Gasteiger partial charge in [0.15, 0.2) is 11.7 Å². The van der Waals surface area contributed by atoms with Crippen molar-refractivity contribution in [3.63, 3.8) is 0 Å². The van der Waals surface area contributed by atoms with E-state index in [1.165, 1.54) is 17.7 Å². The third-order valence-electron chi connectivity index (χ3n) is 4.05. The van der Waals surface area contributed by atoms with Gasteiger partial charge >= 0.3 is 0 Å². The standard InChI is InChI=1S/C16H17N3O2S/c1-10-15(18-16(22-10)19-6-2-3-7-19)11-4-5-13-12(8-11)17-14(20)9-21-13/h4-5,8H,2-3,6-7,9H2,1H3,(H,17,20). The number of carbonyl (C=O) groups is 1. The number of rotatable bonds is 2. The van der Waals surface area contributed by atoms with E-state index in [1.54, 1.807) is 11.3 Å². The van der Waals surface area contributed by atoms with Crippen molar-refractivity contribution in [2.45, 2.75) is 19.8 Å². The molecule has 1 aromatic heterocycles. The van der Waals surface area contributed by atoms with Crippen molar-refractivity contribution >= 4 is 28.1 Å². The Hall–Kier alpha value is -2.08. The highest BCUT2D eigenvalue weighted by Crippen LogP contribution is 2.37. The molecule has 1 N–H and O–H groups in total. The van der Waals surface area contributed by atoms with Crippen LogP contribution in [-0.2, 0) is 4.79 Å². The van der Waals surface area contributed by atoms with Gasteiger partial charge in [0.2, 0.25) is 0 Å². The largest absolute Gasteiger partial charge is 0.482 e. The fraction of sp³-hybridized carbons (Fsp3) is 0.375. The van der Waals surface area contributed by atoms with Gasteiger partial charge in [-0.2, -0.15) is 0 Å². The summed E-state index contributed by atoms with van der Waals surface area (Å²) in [6.45, 7) is 4.38. The topological polar surface area (TPSA) is 54.5 Å². The second-order valence-corrected chi connectivity index (χ2v) is 6.82. The number of hydrogen-bond acceptors (Lipinski definition) is 5. The first-order chi connectivity index (χ1) is 10.7. The predicted octanol–water partition coefficient (Wildman–Crippen LogP) is 3.05. The normalized spacial score (nSPS) is 17.1. The number of amides is 1. The van der Waals surface area contributed by atoms with E-state index in [1.807, 2.05) is 18.2 Å². The van der Waals surface area contributed by atoms with Crippen LogP contribution in [0.3, 0.4) is 0 Å². The fourth-order valence-corrected chi connectivity index (χ4v) is 3.91. The summed E-state index contributed by atoms with van der Waals surface area (Å²) < 4.78 is 5.41. The van der Waals surface area contributed by atoms with E-state index in [4.69, 9.17) is 9.72 Å². The summed E-state index contributed by atoms with van der Waals surface area (Å²) in [5.74, 6) is 0.605. The van der Waals surface area contributed by atoms with E-state index in [-0.39, 0.29) is 12.5 Å². The van der Waals surface area contributed by atoms with Gasteiger partial charge in [-0.05, 0) is 38.0 Å². The summed E-state index contributed by atoms with van der Waals surface area (Å²) in [5.41, 5.74) is 2.74. The van der Waals surface area contributed by atoms with Crippen molar-refractivity contribution in [2.24, 2.45) is 0 Å². The minimum absolute atomic E-state index is 0.0845. The molecule has 0 bridgehead atoms. The maximum Gasteiger partial charge on any atom is 0.262 e. The van der Waals surface area contributed by atoms with Crippen LogP contribution in [0.2, 0.25) is 0 Å². The van der Waals surface area contributed by atoms with E-state index in [9.17, 15) is 4.79 Å². The van der Waals surface area contributed by atoms with Crippen LogP contribution in [0.25, 0.3) is 11.3 Å².